The third kappa shape index (κ3) is 4.34. The van der Waals surface area contributed by atoms with Crippen LogP contribution < -0.4 is 10.6 Å². The Morgan fingerprint density at radius 2 is 1.57 bits per heavy atom. The summed E-state index contributed by atoms with van der Waals surface area (Å²) in [6.07, 6.45) is 0. The Balaban J connectivity index is 1.46. The van der Waals surface area contributed by atoms with E-state index in [1.165, 1.54) is 23.5 Å². The van der Waals surface area contributed by atoms with Crippen LogP contribution in [0.4, 0.5) is 10.8 Å². The topological polar surface area (TPSA) is 104 Å². The maximum atomic E-state index is 12.6. The first-order valence-electron chi connectivity index (χ1n) is 9.00. The van der Waals surface area contributed by atoms with Gasteiger partial charge in [-0.2, -0.15) is 0 Å². The fraction of sp³-hybridized carbons (Fsp3) is 0. The minimum atomic E-state index is -0.470. The molecule has 1 aromatic heterocycles. The molecule has 0 atom stereocenters. The molecule has 30 heavy (non-hydrogen) atoms. The summed E-state index contributed by atoms with van der Waals surface area (Å²) >= 11 is 1.27. The molecular formula is C22H16N4O3S. The van der Waals surface area contributed by atoms with Crippen molar-refractivity contribution in [3.05, 3.63) is 90.0 Å². The zero-order chi connectivity index (χ0) is 20.9. The Morgan fingerprint density at radius 3 is 2.37 bits per heavy atom. The quantitative estimate of drug-likeness (QED) is 0.447. The van der Waals surface area contributed by atoms with E-state index in [4.69, 9.17) is 0 Å². The molecule has 0 unspecified atom stereocenters. The van der Waals surface area contributed by atoms with E-state index in [0.717, 1.165) is 5.56 Å². The number of para-hydroxylation sites is 1. The van der Waals surface area contributed by atoms with E-state index in [2.05, 4.69) is 20.8 Å². The first-order chi connectivity index (χ1) is 14.6. The standard InChI is InChI=1S/C22H16N4O3S/c27-18-12-5-4-11-17(18)20(29)23-16-10-6-9-15(13-16)19(28)24-22-26-25-21(30-22)14-7-2-1-3-8-14/h1-13,27H,(H,23,29)(H,24,26,28). The highest BCUT2D eigenvalue weighted by atomic mass is 32.1. The highest BCUT2D eigenvalue weighted by Gasteiger charge is 2.14. The number of anilines is 2. The first-order valence-corrected chi connectivity index (χ1v) is 9.81. The van der Waals surface area contributed by atoms with Gasteiger partial charge in [0.15, 0.2) is 0 Å². The summed E-state index contributed by atoms with van der Waals surface area (Å²) in [5.41, 5.74) is 1.85. The molecule has 0 saturated carbocycles. The summed E-state index contributed by atoms with van der Waals surface area (Å²) < 4.78 is 0. The molecule has 4 rings (SSSR count). The summed E-state index contributed by atoms with van der Waals surface area (Å²) in [5, 5.41) is 24.4. The minimum Gasteiger partial charge on any atom is -0.507 e. The highest BCUT2D eigenvalue weighted by Crippen LogP contribution is 2.26. The normalized spacial score (nSPS) is 10.4. The van der Waals surface area contributed by atoms with Gasteiger partial charge in [-0.3, -0.25) is 14.9 Å². The van der Waals surface area contributed by atoms with Crippen molar-refractivity contribution in [2.24, 2.45) is 0 Å². The van der Waals surface area contributed by atoms with Gasteiger partial charge in [0.05, 0.1) is 5.56 Å². The SMILES string of the molecule is O=C(Nc1nnc(-c2ccccc2)s1)c1cccc(NC(=O)c2ccccc2O)c1. The Bertz CT molecular complexity index is 1210. The molecule has 4 aromatic rings. The number of hydrogen-bond acceptors (Lipinski definition) is 6. The van der Waals surface area contributed by atoms with Crippen molar-refractivity contribution in [2.75, 3.05) is 10.6 Å². The number of benzene rings is 3. The molecule has 0 spiro atoms. The maximum absolute atomic E-state index is 12.6. The maximum Gasteiger partial charge on any atom is 0.259 e. The lowest BCUT2D eigenvalue weighted by Gasteiger charge is -2.08. The molecule has 8 heteroatoms. The number of nitrogens with one attached hydrogen (secondary N) is 2. The fourth-order valence-corrected chi connectivity index (χ4v) is 3.49. The lowest BCUT2D eigenvalue weighted by atomic mass is 10.1. The number of nitrogens with zero attached hydrogens (tertiary/aromatic N) is 2. The molecule has 7 nitrogen and oxygen atoms in total. The minimum absolute atomic E-state index is 0.116. The molecule has 0 aliphatic heterocycles. The van der Waals surface area contributed by atoms with Gasteiger partial charge in [0.2, 0.25) is 5.13 Å². The van der Waals surface area contributed by atoms with Gasteiger partial charge in [-0.25, -0.2) is 0 Å². The summed E-state index contributed by atoms with van der Waals surface area (Å²) in [5.74, 6) is -0.957. The predicted octanol–water partition coefficient (Wildman–Crippen LogP) is 4.42. The smallest absolute Gasteiger partial charge is 0.259 e. The Labute approximate surface area is 176 Å². The van der Waals surface area contributed by atoms with Gasteiger partial charge < -0.3 is 10.4 Å². The second-order valence-electron chi connectivity index (χ2n) is 6.28. The number of aromatic hydroxyl groups is 1. The van der Waals surface area contributed by atoms with Crippen LogP contribution in [0.15, 0.2) is 78.9 Å². The van der Waals surface area contributed by atoms with E-state index in [9.17, 15) is 14.7 Å². The fourth-order valence-electron chi connectivity index (χ4n) is 2.74. The first kappa shape index (κ1) is 19.3. The van der Waals surface area contributed by atoms with E-state index >= 15 is 0 Å². The molecule has 3 N–H and O–H groups in total. The molecule has 2 amide bonds. The Hall–Kier alpha value is -4.04. The zero-order valence-electron chi connectivity index (χ0n) is 15.6. The lowest BCUT2D eigenvalue weighted by molar-refractivity contribution is 0.101. The third-order valence-corrected chi connectivity index (χ3v) is 5.09. The van der Waals surface area contributed by atoms with Gasteiger partial charge in [-0.15, -0.1) is 10.2 Å². The van der Waals surface area contributed by atoms with E-state index in [0.29, 0.717) is 21.4 Å². The van der Waals surface area contributed by atoms with Crippen molar-refractivity contribution in [3.63, 3.8) is 0 Å². The number of carbonyl (C=O) groups is 2. The largest absolute Gasteiger partial charge is 0.507 e. The van der Waals surface area contributed by atoms with Crippen LogP contribution in [0.5, 0.6) is 5.75 Å². The second-order valence-corrected chi connectivity index (χ2v) is 7.26. The average molecular weight is 416 g/mol. The van der Waals surface area contributed by atoms with Gasteiger partial charge in [0, 0.05) is 16.8 Å². The number of amides is 2. The molecule has 148 valence electrons. The van der Waals surface area contributed by atoms with Gasteiger partial charge in [-0.1, -0.05) is 59.9 Å². The number of phenols is 1. The average Bonchev–Trinajstić information content (AvgIpc) is 3.23. The number of aromatic nitrogens is 2. The lowest BCUT2D eigenvalue weighted by Crippen LogP contribution is -2.14. The summed E-state index contributed by atoms with van der Waals surface area (Å²) in [7, 11) is 0. The van der Waals surface area contributed by atoms with Crippen molar-refractivity contribution in [3.8, 4) is 16.3 Å². The molecule has 0 aliphatic carbocycles. The van der Waals surface area contributed by atoms with Crippen molar-refractivity contribution < 1.29 is 14.7 Å². The summed E-state index contributed by atoms with van der Waals surface area (Å²) in [6.45, 7) is 0. The number of rotatable bonds is 5. The molecule has 0 aliphatic rings. The van der Waals surface area contributed by atoms with Crippen molar-refractivity contribution in [2.45, 2.75) is 0 Å². The van der Waals surface area contributed by atoms with E-state index in [-0.39, 0.29) is 17.2 Å². The highest BCUT2D eigenvalue weighted by molar-refractivity contribution is 7.18. The van der Waals surface area contributed by atoms with Crippen LogP contribution in [0.1, 0.15) is 20.7 Å². The van der Waals surface area contributed by atoms with Crippen LogP contribution in [0, 0.1) is 0 Å². The van der Waals surface area contributed by atoms with Crippen molar-refractivity contribution in [1.29, 1.82) is 0 Å². The van der Waals surface area contributed by atoms with Gasteiger partial charge in [-0.05, 0) is 30.3 Å². The summed E-state index contributed by atoms with van der Waals surface area (Å²) in [4.78, 5) is 25.0. The molecule has 0 bridgehead atoms. The van der Waals surface area contributed by atoms with E-state index < -0.39 is 5.91 Å². The monoisotopic (exact) mass is 416 g/mol. The van der Waals surface area contributed by atoms with Crippen molar-refractivity contribution >= 4 is 34.0 Å². The third-order valence-electron chi connectivity index (χ3n) is 4.20. The summed E-state index contributed by atoms with van der Waals surface area (Å²) in [6, 6.07) is 22.3. The molecule has 0 radical (unpaired) electrons. The second kappa shape index (κ2) is 8.54. The van der Waals surface area contributed by atoms with Crippen LogP contribution >= 0.6 is 11.3 Å². The van der Waals surface area contributed by atoms with Crippen LogP contribution in [0.25, 0.3) is 10.6 Å². The molecule has 0 fully saturated rings. The van der Waals surface area contributed by atoms with Crippen LogP contribution in [-0.2, 0) is 0 Å². The Kier molecular flexibility index (Phi) is 5.49. The van der Waals surface area contributed by atoms with Crippen molar-refractivity contribution in [1.82, 2.24) is 10.2 Å². The predicted molar refractivity (Wildman–Crippen MR) is 116 cm³/mol. The molecular weight excluding hydrogens is 400 g/mol. The molecule has 0 saturated heterocycles. The molecule has 3 aromatic carbocycles. The van der Waals surface area contributed by atoms with E-state index in [1.54, 1.807) is 36.4 Å². The molecule has 1 heterocycles. The zero-order valence-corrected chi connectivity index (χ0v) is 16.4. The van der Waals surface area contributed by atoms with Crippen LogP contribution in [0.2, 0.25) is 0 Å². The van der Waals surface area contributed by atoms with Gasteiger partial charge in [0.25, 0.3) is 11.8 Å². The van der Waals surface area contributed by atoms with Crippen LogP contribution in [0.3, 0.4) is 0 Å². The number of hydrogen-bond donors (Lipinski definition) is 3. The number of phenolic OH excluding ortho intramolecular Hbond substituents is 1. The van der Waals surface area contributed by atoms with Crippen LogP contribution in [-0.4, -0.2) is 27.1 Å². The number of carbonyl (C=O) groups excluding carboxylic acids is 2. The van der Waals surface area contributed by atoms with E-state index in [1.807, 2.05) is 30.3 Å². The van der Waals surface area contributed by atoms with Gasteiger partial charge >= 0.3 is 0 Å². The Morgan fingerprint density at radius 1 is 0.800 bits per heavy atom. The van der Waals surface area contributed by atoms with Gasteiger partial charge in [0.1, 0.15) is 10.8 Å².